The molecule has 0 aromatic rings. The normalized spacial score (nSPS) is 16.0. The van der Waals surface area contributed by atoms with Crippen LogP contribution in [0.4, 0.5) is 0 Å². The van der Waals surface area contributed by atoms with Crippen molar-refractivity contribution in [3.05, 3.63) is 23.8 Å². The standard InChI is InChI=1S/C19H34O4/c1-14(2)23-18(21)13-16(4)10-8-9-15(3)11-12-17(20)19(5,6)22-7/h8,10,13-15,17,20H,9,11-12H2,1-7H3/b10-8+,16-13+. The van der Waals surface area contributed by atoms with Gasteiger partial charge in [0.2, 0.25) is 0 Å². The van der Waals surface area contributed by atoms with Gasteiger partial charge >= 0.3 is 5.97 Å². The Bertz CT molecular complexity index is 408. The summed E-state index contributed by atoms with van der Waals surface area (Å²) >= 11 is 0. The summed E-state index contributed by atoms with van der Waals surface area (Å²) in [5.41, 5.74) is 0.370. The average molecular weight is 326 g/mol. The number of carbonyl (C=O) groups excluding carboxylic acids is 1. The molecular formula is C19H34O4. The minimum atomic E-state index is -0.508. The van der Waals surface area contributed by atoms with Crippen LogP contribution in [0.1, 0.15) is 60.8 Å². The lowest BCUT2D eigenvalue weighted by Gasteiger charge is -2.29. The van der Waals surface area contributed by atoms with E-state index in [1.54, 1.807) is 7.11 Å². The second-order valence-corrected chi connectivity index (χ2v) is 7.02. The SMILES string of the molecule is COC(C)(C)C(O)CCC(C)C/C=C/C(C)=C/C(=O)OC(C)C. The Kier molecular flexibility index (Phi) is 10.1. The topological polar surface area (TPSA) is 55.8 Å². The molecule has 0 saturated carbocycles. The molecule has 0 aromatic heterocycles. The third-order valence-corrected chi connectivity index (χ3v) is 3.88. The number of allylic oxidation sites excluding steroid dienone is 3. The van der Waals surface area contributed by atoms with Crippen LogP contribution in [0.3, 0.4) is 0 Å². The van der Waals surface area contributed by atoms with Gasteiger partial charge in [-0.15, -0.1) is 0 Å². The van der Waals surface area contributed by atoms with Crippen LogP contribution in [-0.4, -0.2) is 36.0 Å². The molecule has 0 aromatic carbocycles. The van der Waals surface area contributed by atoms with Crippen molar-refractivity contribution >= 4 is 5.97 Å². The first-order chi connectivity index (χ1) is 10.6. The molecular weight excluding hydrogens is 292 g/mol. The van der Waals surface area contributed by atoms with Crippen LogP contribution in [0.15, 0.2) is 23.8 Å². The summed E-state index contributed by atoms with van der Waals surface area (Å²) in [6, 6.07) is 0. The number of hydrogen-bond acceptors (Lipinski definition) is 4. The molecule has 2 atom stereocenters. The van der Waals surface area contributed by atoms with E-state index in [-0.39, 0.29) is 12.1 Å². The van der Waals surface area contributed by atoms with Crippen LogP contribution < -0.4 is 0 Å². The number of ether oxygens (including phenoxy) is 2. The van der Waals surface area contributed by atoms with Gasteiger partial charge in [-0.2, -0.15) is 0 Å². The maximum Gasteiger partial charge on any atom is 0.331 e. The van der Waals surface area contributed by atoms with Gasteiger partial charge in [-0.05, 0) is 65.4 Å². The van der Waals surface area contributed by atoms with Crippen molar-refractivity contribution in [2.24, 2.45) is 5.92 Å². The molecule has 0 aliphatic rings. The summed E-state index contributed by atoms with van der Waals surface area (Å²) in [6.07, 6.45) is 7.49. The van der Waals surface area contributed by atoms with E-state index in [0.717, 1.165) is 18.4 Å². The van der Waals surface area contributed by atoms with E-state index in [0.29, 0.717) is 12.3 Å². The highest BCUT2D eigenvalue weighted by Crippen LogP contribution is 2.21. The Morgan fingerprint density at radius 3 is 2.35 bits per heavy atom. The molecule has 4 nitrogen and oxygen atoms in total. The molecule has 0 aliphatic heterocycles. The molecule has 0 fully saturated rings. The minimum absolute atomic E-state index is 0.0988. The number of carbonyl (C=O) groups is 1. The summed E-state index contributed by atoms with van der Waals surface area (Å²) in [7, 11) is 1.62. The van der Waals surface area contributed by atoms with Crippen molar-refractivity contribution in [3.63, 3.8) is 0 Å². The Labute approximate surface area is 141 Å². The number of esters is 1. The molecule has 1 N–H and O–H groups in total. The molecule has 4 heteroatoms. The van der Waals surface area contributed by atoms with Gasteiger partial charge in [0.1, 0.15) is 0 Å². The number of aliphatic hydroxyl groups excluding tert-OH is 1. The fraction of sp³-hybridized carbons (Fsp3) is 0.737. The first-order valence-corrected chi connectivity index (χ1v) is 8.37. The van der Waals surface area contributed by atoms with E-state index >= 15 is 0 Å². The quantitative estimate of drug-likeness (QED) is 0.374. The van der Waals surface area contributed by atoms with Crippen LogP contribution in [0.2, 0.25) is 0 Å². The molecule has 0 rings (SSSR count). The van der Waals surface area contributed by atoms with Crippen LogP contribution in [0.25, 0.3) is 0 Å². The number of methoxy groups -OCH3 is 1. The van der Waals surface area contributed by atoms with Crippen LogP contribution in [0, 0.1) is 5.92 Å². The molecule has 23 heavy (non-hydrogen) atoms. The Balaban J connectivity index is 4.20. The molecule has 0 aliphatic carbocycles. The van der Waals surface area contributed by atoms with Crippen molar-refractivity contribution in [1.82, 2.24) is 0 Å². The number of hydrogen-bond donors (Lipinski definition) is 1. The van der Waals surface area contributed by atoms with E-state index in [9.17, 15) is 9.90 Å². The van der Waals surface area contributed by atoms with E-state index in [2.05, 4.69) is 13.0 Å². The average Bonchev–Trinajstić information content (AvgIpc) is 2.43. The number of aliphatic hydroxyl groups is 1. The van der Waals surface area contributed by atoms with E-state index in [4.69, 9.17) is 9.47 Å². The highest BCUT2D eigenvalue weighted by Gasteiger charge is 2.27. The van der Waals surface area contributed by atoms with Crippen LogP contribution in [-0.2, 0) is 14.3 Å². The van der Waals surface area contributed by atoms with Gasteiger partial charge in [0.25, 0.3) is 0 Å². The highest BCUT2D eigenvalue weighted by atomic mass is 16.5. The third-order valence-electron chi connectivity index (χ3n) is 3.88. The van der Waals surface area contributed by atoms with E-state index in [1.165, 1.54) is 6.08 Å². The first kappa shape index (κ1) is 21.9. The summed E-state index contributed by atoms with van der Waals surface area (Å²) in [4.78, 5) is 11.5. The third kappa shape index (κ3) is 10.3. The minimum Gasteiger partial charge on any atom is -0.460 e. The molecule has 0 radical (unpaired) electrons. The molecule has 0 saturated heterocycles. The lowest BCUT2D eigenvalue weighted by molar-refractivity contribution is -0.141. The second-order valence-electron chi connectivity index (χ2n) is 7.02. The predicted octanol–water partition coefficient (Wildman–Crippen LogP) is 4.03. The van der Waals surface area contributed by atoms with Gasteiger partial charge in [0, 0.05) is 13.2 Å². The predicted molar refractivity (Wildman–Crippen MR) is 94.2 cm³/mol. The van der Waals surface area contributed by atoms with Gasteiger partial charge in [-0.1, -0.05) is 19.1 Å². The maximum absolute atomic E-state index is 11.5. The van der Waals surface area contributed by atoms with Crippen molar-refractivity contribution in [1.29, 1.82) is 0 Å². The van der Waals surface area contributed by atoms with Gasteiger partial charge < -0.3 is 14.6 Å². The van der Waals surface area contributed by atoms with E-state index < -0.39 is 11.7 Å². The molecule has 2 unspecified atom stereocenters. The Morgan fingerprint density at radius 2 is 1.83 bits per heavy atom. The maximum atomic E-state index is 11.5. The van der Waals surface area contributed by atoms with E-state index in [1.807, 2.05) is 40.7 Å². The van der Waals surface area contributed by atoms with Crippen molar-refractivity contribution in [2.75, 3.05) is 7.11 Å². The summed E-state index contributed by atoms with van der Waals surface area (Å²) < 4.78 is 10.4. The Hall–Kier alpha value is -1.13. The zero-order valence-corrected chi connectivity index (χ0v) is 15.8. The molecule has 0 spiro atoms. The van der Waals surface area contributed by atoms with Crippen LogP contribution >= 0.6 is 0 Å². The molecule has 0 heterocycles. The molecule has 0 bridgehead atoms. The van der Waals surface area contributed by atoms with Gasteiger partial charge in [-0.25, -0.2) is 4.79 Å². The lowest BCUT2D eigenvalue weighted by atomic mass is 9.92. The molecule has 134 valence electrons. The van der Waals surface area contributed by atoms with Gasteiger partial charge in [-0.3, -0.25) is 0 Å². The van der Waals surface area contributed by atoms with Gasteiger partial charge in [0.05, 0.1) is 17.8 Å². The largest absolute Gasteiger partial charge is 0.460 e. The monoisotopic (exact) mass is 326 g/mol. The fourth-order valence-corrected chi connectivity index (χ4v) is 2.03. The Morgan fingerprint density at radius 1 is 1.22 bits per heavy atom. The van der Waals surface area contributed by atoms with Gasteiger partial charge in [0.15, 0.2) is 0 Å². The second kappa shape index (κ2) is 10.6. The highest BCUT2D eigenvalue weighted by molar-refractivity contribution is 5.83. The van der Waals surface area contributed by atoms with Crippen molar-refractivity contribution in [2.45, 2.75) is 78.6 Å². The zero-order valence-electron chi connectivity index (χ0n) is 15.8. The lowest BCUT2D eigenvalue weighted by Crippen LogP contribution is -2.38. The molecule has 0 amide bonds. The first-order valence-electron chi connectivity index (χ1n) is 8.37. The smallest absolute Gasteiger partial charge is 0.331 e. The van der Waals surface area contributed by atoms with Crippen LogP contribution in [0.5, 0.6) is 0 Å². The number of rotatable bonds is 10. The van der Waals surface area contributed by atoms with Crippen molar-refractivity contribution in [3.8, 4) is 0 Å². The summed E-state index contributed by atoms with van der Waals surface area (Å²) in [6.45, 7) is 11.5. The summed E-state index contributed by atoms with van der Waals surface area (Å²) in [5.74, 6) is 0.157. The zero-order chi connectivity index (χ0) is 18.0. The summed E-state index contributed by atoms with van der Waals surface area (Å²) in [5, 5.41) is 10.1. The fourth-order valence-electron chi connectivity index (χ4n) is 2.03. The van der Waals surface area contributed by atoms with Crippen molar-refractivity contribution < 1.29 is 19.4 Å².